The zero-order valence-corrected chi connectivity index (χ0v) is 139. The molecular weight excluding hydrogens is 3670 g/mol. The second-order valence-electron chi connectivity index (χ2n) is 10.9. The van der Waals surface area contributed by atoms with Gasteiger partial charge in [-0.05, 0) is 36.4 Å². The van der Waals surface area contributed by atoms with Crippen molar-refractivity contribution in [3.8, 4) is 5.69 Å². The van der Waals surface area contributed by atoms with Crippen molar-refractivity contribution in [2.24, 2.45) is 7.05 Å². The van der Waals surface area contributed by atoms with Gasteiger partial charge in [0.25, 0.3) is 0 Å². The molecule has 106 heteroatoms. The molecule has 0 radical (unpaired) electrons. The summed E-state index contributed by atoms with van der Waals surface area (Å²) in [7, 11) is 183. The Morgan fingerprint density at radius 2 is 0.317 bits per heavy atom. The van der Waals surface area contributed by atoms with Gasteiger partial charge in [0.05, 0.1) is 7.05 Å². The van der Waals surface area contributed by atoms with Gasteiger partial charge in [0.15, 0.2) is 11.0 Å². The van der Waals surface area contributed by atoms with Crippen LogP contribution < -0.4 is 4.57 Å². The first kappa shape index (κ1) is 140. The number of rotatable bonds is 1. The van der Waals surface area contributed by atoms with Crippen LogP contribution in [0.4, 0.5) is 0 Å². The minimum Gasteiger partial charge on any atom is -0.232 e. The third-order valence-corrected chi connectivity index (χ3v) is 226. The highest BCUT2D eigenvalue weighted by Crippen LogP contribution is 2.18. The summed E-state index contributed by atoms with van der Waals surface area (Å²) in [6.07, 6.45) is 2.11. The van der Waals surface area contributed by atoms with E-state index in [1.165, 1.54) is 34.5 Å². The summed E-state index contributed by atoms with van der Waals surface area (Å²) in [5, 5.41) is 0. The number of para-hydroxylation sites is 2. The molecule has 2 nitrogen and oxygen atoms in total. The molecule has 0 aliphatic heterocycles. The Balaban J connectivity index is 0.00000348. The van der Waals surface area contributed by atoms with Crippen LogP contribution in [-0.2, 0) is 917 Å². The smallest absolute Gasteiger partial charge is 0.232 e. The number of hydrogen-bond acceptors (Lipinski definition) is 2. The van der Waals surface area contributed by atoms with Crippen molar-refractivity contribution < 1.29 is 4.57 Å². The van der Waals surface area contributed by atoms with Crippen LogP contribution >= 0.6 is 39.9 Å². The molecule has 120 heavy (non-hydrogen) atoms. The van der Waals surface area contributed by atoms with Gasteiger partial charge in [-0.3, -0.25) is 0 Å². The summed E-state index contributed by atoms with van der Waals surface area (Å²) in [5.41, 5.74) is 3.62. The normalized spacial score (nSPS) is 8.25. The van der Waals surface area contributed by atoms with E-state index in [0.29, 0.717) is 0 Å². The van der Waals surface area contributed by atoms with Crippen molar-refractivity contribution in [1.29, 1.82) is 0 Å². The minimum atomic E-state index is 0. The highest BCUT2D eigenvalue weighted by atomic mass is 127. The van der Waals surface area contributed by atoms with E-state index in [1.807, 2.05) is 764 Å². The molecule has 0 saturated heterocycles. The summed E-state index contributed by atoms with van der Waals surface area (Å²) < 4.78 is 5.43. The highest BCUT2D eigenvalue weighted by Gasteiger charge is 2.13. The Bertz CT molecular complexity index is 8990. The lowest BCUT2D eigenvalue weighted by atomic mass is 10.3. The van der Waals surface area contributed by atoms with E-state index < -0.39 is 0 Å². The van der Waals surface area contributed by atoms with Crippen LogP contribution in [0.2, 0.25) is 0 Å². The lowest BCUT2D eigenvalue weighted by Crippen LogP contribution is -2.25. The van der Waals surface area contributed by atoms with Crippen molar-refractivity contribution in [2.45, 2.75) is 0 Å². The van der Waals surface area contributed by atoms with E-state index in [-0.39, 0.29) is 24.0 Å². The molecule has 1 heterocycles. The van der Waals surface area contributed by atoms with E-state index in [1.54, 1.807) is 107 Å². The highest BCUT2D eigenvalue weighted by molar-refractivity contribution is 14.0. The monoisotopic (exact) mass is 3680 g/mol. The predicted molar refractivity (Wildman–Crippen MR) is 839 cm³/mol. The van der Waals surface area contributed by atoms with E-state index >= 15 is 0 Å². The number of nitrogens with zero attached hydrogens (tertiary/aromatic N) is 2. The SMILES string of the molecule is C[n+]1cn(-c2ccc(Br)cc2)c2ccccc21.I.S=S=S=S=S=S=S=S=S=S=S=S=S=S=S=S=S=S=S=S=S=S=S=S=S=S=S=S=S=S=S=S=S=S=S=S=S=S=S=S=S=S=S=S=S=S=S=S=S=S=S=S=S=S=S=S=S=S=S=S=S=S=S=S=S=S=S=S=S=S=S=S=S=S=S=S=S=S=S=S=S=S=S=S=S=S=S=S=S=S=S=S=S=S=S=S=S=S=S=S=S=S. The number of fused-ring (bicyclic) bond motifs is 1. The van der Waals surface area contributed by atoms with Gasteiger partial charge < -0.3 is 0 Å². The van der Waals surface area contributed by atoms with Crippen molar-refractivity contribution in [3.05, 3.63) is 59.3 Å². The van der Waals surface area contributed by atoms with Gasteiger partial charge in [-0.15, -0.1) is 24.0 Å². The molecule has 2 aromatic carbocycles. The average Bonchev–Trinajstić information content (AvgIpc) is 1.66. The molecule has 0 atom stereocenters. The Morgan fingerprint density at radius 1 is 0.192 bits per heavy atom. The molecular formula is C14H13BrIN2S102+. The molecule has 0 unspecified atom stereocenters. The fraction of sp³-hybridized carbons (Fsp3) is 0.0714. The molecule has 0 amide bonds. The Labute approximate surface area is 1010 Å². The number of aryl methyl sites for hydroxylation is 1. The lowest BCUT2D eigenvalue weighted by molar-refractivity contribution is -0.645. The zero-order valence-electron chi connectivity index (χ0n) is 51.5. The van der Waals surface area contributed by atoms with Crippen LogP contribution in [0.3, 0.4) is 0 Å². The third kappa shape index (κ3) is 108. The molecule has 0 N–H and O–H groups in total. The largest absolute Gasteiger partial charge is 0.249 e. The Morgan fingerprint density at radius 3 is 0.450 bits per heavy atom. The molecule has 0 aliphatic carbocycles. The maximum atomic E-state index is 4.83. The van der Waals surface area contributed by atoms with Crippen LogP contribution in [0.25, 0.3) is 16.7 Å². The summed E-state index contributed by atoms with van der Waals surface area (Å²) in [4.78, 5) is 0. The van der Waals surface area contributed by atoms with Crippen LogP contribution in [-0.4, -0.2) is 4.57 Å². The van der Waals surface area contributed by atoms with Crippen LogP contribution in [0.15, 0.2) is 59.3 Å². The van der Waals surface area contributed by atoms with Crippen molar-refractivity contribution in [2.75, 3.05) is 0 Å². The van der Waals surface area contributed by atoms with E-state index in [4.69, 9.17) is 22.4 Å². The van der Waals surface area contributed by atoms with Crippen LogP contribution in [0.1, 0.15) is 0 Å². The summed E-state index contributed by atoms with van der Waals surface area (Å²) in [5.74, 6) is 0. The Hall–Kier alpha value is 21.6. The molecule has 0 fully saturated rings. The van der Waals surface area contributed by atoms with Gasteiger partial charge in [0.1, 0.15) is 5.69 Å². The predicted octanol–water partition coefficient (Wildman–Crippen LogP) is 3.59. The number of aromatic nitrogens is 2. The van der Waals surface area contributed by atoms with E-state index in [2.05, 4.69) is 87.0 Å². The Kier molecular flexibility index (Phi) is 144. The number of benzene rings is 2. The van der Waals surface area contributed by atoms with Crippen LogP contribution in [0, 0.1) is 0 Å². The molecule has 1 aromatic heterocycles. The first-order chi connectivity index (χ1) is 59.2. The first-order valence-electron chi connectivity index (χ1n) is 22.3. The zero-order chi connectivity index (χ0) is 84.5. The second-order valence-corrected chi connectivity index (χ2v) is 189. The maximum absolute atomic E-state index is 4.83. The topological polar surface area (TPSA) is 8.81 Å². The minimum absolute atomic E-state index is 0. The van der Waals surface area contributed by atoms with Crippen molar-refractivity contribution in [1.82, 2.24) is 4.57 Å². The lowest BCUT2D eigenvalue weighted by Gasteiger charge is -1.96. The molecule has 0 saturated carbocycles. The average molecular weight is 3690 g/mol. The van der Waals surface area contributed by atoms with Gasteiger partial charge in [-0.1, -0.05) is 28.1 Å². The number of halogens is 2. The van der Waals surface area contributed by atoms with Gasteiger partial charge >= 0.3 is 0 Å². The van der Waals surface area contributed by atoms with Gasteiger partial charge in [0, 0.05) is 915 Å². The third-order valence-electron chi connectivity index (χ3n) is 5.66. The summed E-state index contributed by atoms with van der Waals surface area (Å²) >= 11 is 13.1. The molecule has 0 bridgehead atoms. The number of imidazole rings is 1. The van der Waals surface area contributed by atoms with Crippen molar-refractivity contribution in [3.63, 3.8) is 0 Å². The summed E-state index contributed by atoms with van der Waals surface area (Å²) in [6.45, 7) is 0. The molecule has 0 spiro atoms. The molecule has 3 aromatic rings. The maximum Gasteiger partial charge on any atom is 0.249 e. The number of hydrogen-bond donors (Lipinski definition) is 0. The van der Waals surface area contributed by atoms with E-state index in [0.717, 1.165) is 4.47 Å². The molecule has 0 aliphatic rings. The van der Waals surface area contributed by atoms with E-state index in [9.17, 15) is 0 Å². The second kappa shape index (κ2) is 124. The van der Waals surface area contributed by atoms with Crippen LogP contribution in [0.5, 0.6) is 0 Å². The first-order valence-corrected chi connectivity index (χ1v) is 158. The fourth-order valence-electron chi connectivity index (χ4n) is 3.18. The standard InChI is InChI=1S/C14H12BrN2.HI.S102/c1-16-10-17(12-8-6-11(15)7-9-12)14-5-3-2-4-13(14)16;;1-3-5-7-9-11-13-15-17-19-21-23-25-27-29-31-33-35-37-39-41-43-45-47-49-51-53-55-57-59-61-63-65-67-69-71-73-75-77-79-81-83-85-87-89-91-93-95-97-99-101-102-100-98-96-94-92-90-88-86-84-82-80-78-76-74-72-70-68-66-64-62-60-58-56-54-52-50-48-46-44-42-40-38-36-34-32-30-28-26-24-22-20-18-16-14-12-10-8-6-4-2/h2-10H,1H3;1H;/q+1;;. The van der Waals surface area contributed by atoms with Gasteiger partial charge in [0.2, 0.25) is 6.33 Å². The van der Waals surface area contributed by atoms with Crippen molar-refractivity contribution >= 4 is 961 Å². The molecule has 3 rings (SSSR count). The van der Waals surface area contributed by atoms with Gasteiger partial charge in [-0.25, -0.2) is 4.57 Å². The summed E-state index contributed by atoms with van der Waals surface area (Å²) in [6, 6.07) is 16.7. The fourth-order valence-corrected chi connectivity index (χ4v) is 272. The molecule has 704 valence electrons. The quantitative estimate of drug-likeness (QED) is 0.273. The van der Waals surface area contributed by atoms with Gasteiger partial charge in [-0.2, -0.15) is 4.57 Å².